The van der Waals surface area contributed by atoms with Crippen molar-refractivity contribution >= 4 is 5.65 Å². The number of rotatable bonds is 5. The van der Waals surface area contributed by atoms with E-state index in [1.807, 2.05) is 41.1 Å². The second kappa shape index (κ2) is 5.84. The lowest BCUT2D eigenvalue weighted by Gasteiger charge is -2.03. The molecule has 3 nitrogen and oxygen atoms in total. The van der Waals surface area contributed by atoms with Crippen molar-refractivity contribution < 1.29 is 4.39 Å². The van der Waals surface area contributed by atoms with Crippen LogP contribution in [0, 0.1) is 5.82 Å². The van der Waals surface area contributed by atoms with E-state index in [2.05, 4.69) is 10.3 Å². The summed E-state index contributed by atoms with van der Waals surface area (Å²) in [4.78, 5) is 4.51. The van der Waals surface area contributed by atoms with Crippen molar-refractivity contribution in [1.29, 1.82) is 0 Å². The first-order valence-corrected chi connectivity index (χ1v) is 6.69. The molecule has 0 saturated heterocycles. The number of nitrogens with one attached hydrogen (secondary N) is 1. The third-order valence-corrected chi connectivity index (χ3v) is 3.20. The fourth-order valence-corrected chi connectivity index (χ4v) is 2.21. The first kappa shape index (κ1) is 12.8. The van der Waals surface area contributed by atoms with Crippen LogP contribution in [0.25, 0.3) is 5.65 Å². The molecule has 0 radical (unpaired) electrons. The molecule has 0 aliphatic heterocycles. The minimum absolute atomic E-state index is 0.178. The van der Waals surface area contributed by atoms with Crippen molar-refractivity contribution in [3.63, 3.8) is 0 Å². The Labute approximate surface area is 117 Å². The van der Waals surface area contributed by atoms with Crippen molar-refractivity contribution in [2.45, 2.75) is 13.0 Å². The second-order valence-electron chi connectivity index (χ2n) is 4.76. The van der Waals surface area contributed by atoms with Gasteiger partial charge in [-0.25, -0.2) is 9.37 Å². The van der Waals surface area contributed by atoms with Gasteiger partial charge in [0.1, 0.15) is 11.5 Å². The highest BCUT2D eigenvalue weighted by Gasteiger charge is 2.00. The predicted molar refractivity (Wildman–Crippen MR) is 77.0 cm³/mol. The highest BCUT2D eigenvalue weighted by atomic mass is 19.1. The van der Waals surface area contributed by atoms with E-state index in [1.54, 1.807) is 12.1 Å². The molecule has 1 N–H and O–H groups in total. The molecule has 0 aliphatic rings. The Kier molecular flexibility index (Phi) is 3.74. The van der Waals surface area contributed by atoms with Gasteiger partial charge in [-0.1, -0.05) is 18.2 Å². The van der Waals surface area contributed by atoms with Gasteiger partial charge in [-0.2, -0.15) is 0 Å². The van der Waals surface area contributed by atoms with Crippen LogP contribution in [0.4, 0.5) is 4.39 Å². The van der Waals surface area contributed by atoms with Crippen LogP contribution >= 0.6 is 0 Å². The molecular formula is C16H16FN3. The summed E-state index contributed by atoms with van der Waals surface area (Å²) >= 11 is 0. The van der Waals surface area contributed by atoms with Crippen LogP contribution in [0.3, 0.4) is 0 Å². The molecule has 20 heavy (non-hydrogen) atoms. The molecular weight excluding hydrogens is 253 g/mol. The predicted octanol–water partition coefficient (Wildman–Crippen LogP) is 2.81. The normalized spacial score (nSPS) is 11.1. The van der Waals surface area contributed by atoms with Gasteiger partial charge in [0.25, 0.3) is 0 Å². The summed E-state index contributed by atoms with van der Waals surface area (Å²) in [5, 5.41) is 3.33. The molecule has 0 atom stereocenters. The monoisotopic (exact) mass is 269 g/mol. The van der Waals surface area contributed by atoms with E-state index in [-0.39, 0.29) is 5.82 Å². The first-order chi connectivity index (χ1) is 9.81. The molecule has 0 aliphatic carbocycles. The summed E-state index contributed by atoms with van der Waals surface area (Å²) in [5.41, 5.74) is 2.97. The van der Waals surface area contributed by atoms with E-state index in [4.69, 9.17) is 0 Å². The third kappa shape index (κ3) is 3.03. The Bertz CT molecular complexity index is 673. The number of halogens is 1. The Balaban J connectivity index is 1.52. The van der Waals surface area contributed by atoms with Gasteiger partial charge in [-0.3, -0.25) is 0 Å². The van der Waals surface area contributed by atoms with Gasteiger partial charge in [0.15, 0.2) is 0 Å². The molecule has 0 spiro atoms. The molecule has 0 fully saturated rings. The van der Waals surface area contributed by atoms with E-state index in [9.17, 15) is 4.39 Å². The number of benzene rings is 1. The summed E-state index contributed by atoms with van der Waals surface area (Å²) in [7, 11) is 0. The van der Waals surface area contributed by atoms with Crippen LogP contribution in [0.2, 0.25) is 0 Å². The van der Waals surface area contributed by atoms with E-state index >= 15 is 0 Å². The lowest BCUT2D eigenvalue weighted by atomic mass is 10.1. The van der Waals surface area contributed by atoms with Gasteiger partial charge < -0.3 is 9.72 Å². The molecule has 0 amide bonds. The Morgan fingerprint density at radius 2 is 2.10 bits per heavy atom. The lowest BCUT2D eigenvalue weighted by Crippen LogP contribution is -2.16. The third-order valence-electron chi connectivity index (χ3n) is 3.20. The van der Waals surface area contributed by atoms with E-state index in [0.717, 1.165) is 36.4 Å². The molecule has 2 aromatic heterocycles. The zero-order valence-corrected chi connectivity index (χ0v) is 11.1. The maximum Gasteiger partial charge on any atom is 0.137 e. The maximum absolute atomic E-state index is 13.0. The minimum Gasteiger partial charge on any atom is -0.311 e. The van der Waals surface area contributed by atoms with Crippen molar-refractivity contribution in [1.82, 2.24) is 14.7 Å². The number of pyridine rings is 1. The minimum atomic E-state index is -0.178. The molecule has 3 rings (SSSR count). The average molecular weight is 269 g/mol. The van der Waals surface area contributed by atoms with E-state index in [0.29, 0.717) is 0 Å². The van der Waals surface area contributed by atoms with Gasteiger partial charge in [-0.15, -0.1) is 0 Å². The highest BCUT2D eigenvalue weighted by Crippen LogP contribution is 2.05. The molecule has 102 valence electrons. The number of hydrogen-bond acceptors (Lipinski definition) is 2. The van der Waals surface area contributed by atoms with E-state index in [1.165, 1.54) is 6.07 Å². The van der Waals surface area contributed by atoms with Crippen molar-refractivity contribution in [2.24, 2.45) is 0 Å². The van der Waals surface area contributed by atoms with Gasteiger partial charge >= 0.3 is 0 Å². The SMILES string of the molecule is Fc1cccc(CCNCc2cn3ccccc3n2)c1. The molecule has 2 heterocycles. The fourth-order valence-electron chi connectivity index (χ4n) is 2.21. The fraction of sp³-hybridized carbons (Fsp3) is 0.188. The van der Waals surface area contributed by atoms with Crippen LogP contribution in [-0.2, 0) is 13.0 Å². The molecule has 3 aromatic rings. The number of fused-ring (bicyclic) bond motifs is 1. The zero-order valence-electron chi connectivity index (χ0n) is 11.1. The topological polar surface area (TPSA) is 29.3 Å². The Morgan fingerprint density at radius 3 is 2.95 bits per heavy atom. The summed E-state index contributed by atoms with van der Waals surface area (Å²) in [6.07, 6.45) is 4.81. The van der Waals surface area contributed by atoms with Crippen LogP contribution in [0.15, 0.2) is 54.9 Å². The second-order valence-corrected chi connectivity index (χ2v) is 4.76. The largest absolute Gasteiger partial charge is 0.311 e. The standard InChI is InChI=1S/C16H16FN3/c17-14-5-3-4-13(10-14)7-8-18-11-15-12-20-9-2-1-6-16(20)19-15/h1-6,9-10,12,18H,7-8,11H2. The first-order valence-electron chi connectivity index (χ1n) is 6.69. The van der Waals surface area contributed by atoms with Crippen LogP contribution in [0.1, 0.15) is 11.3 Å². The Morgan fingerprint density at radius 1 is 1.15 bits per heavy atom. The van der Waals surface area contributed by atoms with Gasteiger partial charge in [-0.05, 0) is 42.8 Å². The van der Waals surface area contributed by atoms with Gasteiger partial charge in [0, 0.05) is 18.9 Å². The number of hydrogen-bond donors (Lipinski definition) is 1. The number of imidazole rings is 1. The molecule has 1 aromatic carbocycles. The van der Waals surface area contributed by atoms with E-state index < -0.39 is 0 Å². The quantitative estimate of drug-likeness (QED) is 0.722. The number of aromatic nitrogens is 2. The van der Waals surface area contributed by atoms with Crippen LogP contribution < -0.4 is 5.32 Å². The molecule has 4 heteroatoms. The molecule has 0 saturated carbocycles. The smallest absolute Gasteiger partial charge is 0.137 e. The molecule has 0 unspecified atom stereocenters. The zero-order chi connectivity index (χ0) is 13.8. The van der Waals surface area contributed by atoms with Gasteiger partial charge in [0.2, 0.25) is 0 Å². The van der Waals surface area contributed by atoms with Gasteiger partial charge in [0.05, 0.1) is 5.69 Å². The summed E-state index contributed by atoms with van der Waals surface area (Å²) in [6, 6.07) is 12.7. The lowest BCUT2D eigenvalue weighted by molar-refractivity contribution is 0.622. The summed E-state index contributed by atoms with van der Waals surface area (Å²) in [6.45, 7) is 1.52. The van der Waals surface area contributed by atoms with Crippen LogP contribution in [0.5, 0.6) is 0 Å². The molecule has 0 bridgehead atoms. The van der Waals surface area contributed by atoms with Crippen LogP contribution in [-0.4, -0.2) is 15.9 Å². The Hall–Kier alpha value is -2.20. The highest BCUT2D eigenvalue weighted by molar-refractivity contribution is 5.39. The summed E-state index contributed by atoms with van der Waals surface area (Å²) < 4.78 is 15.0. The van der Waals surface area contributed by atoms with Crippen molar-refractivity contribution in [2.75, 3.05) is 6.54 Å². The maximum atomic E-state index is 13.0. The van der Waals surface area contributed by atoms with Crippen molar-refractivity contribution in [3.05, 3.63) is 71.9 Å². The summed E-state index contributed by atoms with van der Waals surface area (Å²) in [5.74, 6) is -0.178. The average Bonchev–Trinajstić information content (AvgIpc) is 2.86. The number of nitrogens with zero attached hydrogens (tertiary/aromatic N) is 2. The van der Waals surface area contributed by atoms with Crippen molar-refractivity contribution in [3.8, 4) is 0 Å².